The molecule has 0 aromatic heterocycles. The van der Waals surface area contributed by atoms with Crippen LogP contribution in [-0.4, -0.2) is 10.3 Å². The summed E-state index contributed by atoms with van der Waals surface area (Å²) in [4.78, 5) is 11.8. The van der Waals surface area contributed by atoms with Gasteiger partial charge in [-0.25, -0.2) is 0 Å². The Morgan fingerprint density at radius 3 is 2.44 bits per heavy atom. The van der Waals surface area contributed by atoms with Crippen LogP contribution in [-0.2, 0) is 16.1 Å². The molecule has 1 aromatic rings. The first-order valence-electron chi connectivity index (χ1n) is 5.43. The molecule has 1 atom stereocenters. The van der Waals surface area contributed by atoms with Crippen LogP contribution in [0.5, 0.6) is 0 Å². The van der Waals surface area contributed by atoms with E-state index in [-0.39, 0.29) is 6.61 Å². The number of ether oxygens (including phenoxy) is 1. The molecule has 0 N–H and O–H groups in total. The molecule has 5 heteroatoms. The fraction of sp³-hybridized carbons (Fsp3) is 0.385. The number of hydrogen-bond donors (Lipinski definition) is 0. The zero-order chi connectivity index (χ0) is 13.4. The van der Waals surface area contributed by atoms with Crippen LogP contribution in [0.4, 0.5) is 0 Å². The van der Waals surface area contributed by atoms with E-state index in [9.17, 15) is 4.79 Å². The molecule has 0 saturated heterocycles. The van der Waals surface area contributed by atoms with Crippen LogP contribution in [0.1, 0.15) is 24.5 Å². The minimum atomic E-state index is -1.01. The molecule has 0 unspecified atom stereocenters. The van der Waals surface area contributed by atoms with Crippen molar-refractivity contribution in [1.29, 1.82) is 5.26 Å². The largest absolute Gasteiger partial charge is 0.460 e. The van der Waals surface area contributed by atoms with Crippen molar-refractivity contribution in [3.8, 4) is 6.07 Å². The minimum Gasteiger partial charge on any atom is -0.460 e. The van der Waals surface area contributed by atoms with E-state index in [1.54, 1.807) is 31.2 Å². The van der Waals surface area contributed by atoms with Crippen molar-refractivity contribution in [3.05, 3.63) is 35.4 Å². The second-order valence-electron chi connectivity index (χ2n) is 4.60. The van der Waals surface area contributed by atoms with Crippen molar-refractivity contribution in [2.75, 3.05) is 0 Å². The molecular weight excluding hydrogens is 273 g/mol. The van der Waals surface area contributed by atoms with E-state index in [1.807, 2.05) is 6.07 Å². The van der Waals surface area contributed by atoms with Gasteiger partial charge in [0, 0.05) is 6.42 Å². The van der Waals surface area contributed by atoms with Gasteiger partial charge in [0.15, 0.2) is 0 Å². The number of carbonyl (C=O) groups is 1. The number of halogens is 2. The summed E-state index contributed by atoms with van der Waals surface area (Å²) in [6.07, 6.45) is 0.412. The first-order chi connectivity index (χ1) is 8.39. The van der Waals surface area contributed by atoms with Crippen molar-refractivity contribution < 1.29 is 9.53 Å². The van der Waals surface area contributed by atoms with Crippen LogP contribution in [0.25, 0.3) is 0 Å². The Morgan fingerprint density at radius 2 is 2.00 bits per heavy atom. The Kier molecular flexibility index (Phi) is 3.27. The summed E-state index contributed by atoms with van der Waals surface area (Å²) in [6.45, 7) is 1.85. The highest BCUT2D eigenvalue weighted by Crippen LogP contribution is 2.64. The van der Waals surface area contributed by atoms with Gasteiger partial charge in [-0.2, -0.15) is 5.26 Å². The molecule has 1 saturated carbocycles. The maximum atomic E-state index is 11.8. The van der Waals surface area contributed by atoms with Gasteiger partial charge in [-0.1, -0.05) is 12.1 Å². The zero-order valence-corrected chi connectivity index (χ0v) is 11.3. The molecule has 0 aliphatic heterocycles. The molecule has 3 nitrogen and oxygen atoms in total. The van der Waals surface area contributed by atoms with E-state index in [0.717, 1.165) is 5.56 Å². The number of esters is 1. The highest BCUT2D eigenvalue weighted by Gasteiger charge is 2.69. The predicted molar refractivity (Wildman–Crippen MR) is 68.1 cm³/mol. The quantitative estimate of drug-likeness (QED) is 0.632. The smallest absolute Gasteiger partial charge is 0.315 e. The topological polar surface area (TPSA) is 50.1 Å². The molecular formula is C13H11Cl2NO2. The van der Waals surface area contributed by atoms with E-state index < -0.39 is 15.7 Å². The van der Waals surface area contributed by atoms with E-state index >= 15 is 0 Å². The lowest BCUT2D eigenvalue weighted by Gasteiger charge is -2.11. The molecule has 18 heavy (non-hydrogen) atoms. The molecule has 0 heterocycles. The summed E-state index contributed by atoms with van der Waals surface area (Å²) in [6, 6.07) is 8.86. The summed E-state index contributed by atoms with van der Waals surface area (Å²) in [5.74, 6) is -0.392. The SMILES string of the molecule is C[C@@]1(C(=O)OCc2ccc(C#N)cc2)CC1(Cl)Cl. The number of benzene rings is 1. The second-order valence-corrected chi connectivity index (χ2v) is 6.08. The van der Waals surface area contributed by atoms with Crippen LogP contribution < -0.4 is 0 Å². The van der Waals surface area contributed by atoms with Crippen molar-refractivity contribution in [1.82, 2.24) is 0 Å². The number of nitriles is 1. The number of alkyl halides is 2. The first-order valence-corrected chi connectivity index (χ1v) is 6.19. The summed E-state index contributed by atoms with van der Waals surface area (Å²) in [5.41, 5.74) is 0.587. The Labute approximate surface area is 115 Å². The highest BCUT2D eigenvalue weighted by molar-refractivity contribution is 6.53. The number of hydrogen-bond acceptors (Lipinski definition) is 3. The zero-order valence-electron chi connectivity index (χ0n) is 9.74. The normalized spacial score (nSPS) is 24.1. The second kappa shape index (κ2) is 4.46. The predicted octanol–water partition coefficient (Wildman–Crippen LogP) is 3.19. The van der Waals surface area contributed by atoms with E-state index in [2.05, 4.69) is 0 Å². The Hall–Kier alpha value is -1.24. The molecule has 0 radical (unpaired) electrons. The van der Waals surface area contributed by atoms with Gasteiger partial charge in [0.25, 0.3) is 0 Å². The number of nitrogens with zero attached hydrogens (tertiary/aromatic N) is 1. The van der Waals surface area contributed by atoms with Crippen LogP contribution in [0.15, 0.2) is 24.3 Å². The fourth-order valence-corrected chi connectivity index (χ4v) is 2.29. The van der Waals surface area contributed by atoms with Crippen molar-refractivity contribution in [3.63, 3.8) is 0 Å². The van der Waals surface area contributed by atoms with E-state index in [1.165, 1.54) is 0 Å². The lowest BCUT2D eigenvalue weighted by molar-refractivity contribution is -0.150. The molecule has 94 valence electrons. The van der Waals surface area contributed by atoms with Crippen molar-refractivity contribution in [2.24, 2.45) is 5.41 Å². The summed E-state index contributed by atoms with van der Waals surface area (Å²) in [7, 11) is 0. The Bertz CT molecular complexity index is 519. The minimum absolute atomic E-state index is 0.157. The monoisotopic (exact) mass is 283 g/mol. The average Bonchev–Trinajstić information content (AvgIpc) is 2.87. The highest BCUT2D eigenvalue weighted by atomic mass is 35.5. The molecule has 1 aliphatic carbocycles. The van der Waals surface area contributed by atoms with Gasteiger partial charge >= 0.3 is 5.97 Å². The number of rotatable bonds is 3. The van der Waals surface area contributed by atoms with Gasteiger partial charge in [0.1, 0.15) is 16.4 Å². The Morgan fingerprint density at radius 1 is 1.44 bits per heavy atom. The van der Waals surface area contributed by atoms with Crippen molar-refractivity contribution in [2.45, 2.75) is 24.3 Å². The maximum Gasteiger partial charge on any atom is 0.315 e. The van der Waals surface area contributed by atoms with Gasteiger partial charge in [-0.3, -0.25) is 4.79 Å². The first kappa shape index (κ1) is 13.2. The lowest BCUT2D eigenvalue weighted by Crippen LogP contribution is -2.21. The molecule has 1 fully saturated rings. The molecule has 1 aromatic carbocycles. The van der Waals surface area contributed by atoms with Crippen LogP contribution in [0, 0.1) is 16.7 Å². The van der Waals surface area contributed by atoms with Gasteiger partial charge in [0.2, 0.25) is 0 Å². The summed E-state index contributed by atoms with van der Waals surface area (Å²) < 4.78 is 4.17. The maximum absolute atomic E-state index is 11.8. The van der Waals surface area contributed by atoms with E-state index in [0.29, 0.717) is 12.0 Å². The molecule has 0 spiro atoms. The van der Waals surface area contributed by atoms with Gasteiger partial charge in [-0.15, -0.1) is 23.2 Å². The molecule has 1 aliphatic rings. The van der Waals surface area contributed by atoms with Crippen LogP contribution in [0.2, 0.25) is 0 Å². The Balaban J connectivity index is 1.93. The summed E-state index contributed by atoms with van der Waals surface area (Å²) >= 11 is 11.8. The molecule has 0 amide bonds. The van der Waals surface area contributed by atoms with Crippen LogP contribution in [0.3, 0.4) is 0 Å². The third-order valence-corrected chi connectivity index (χ3v) is 4.26. The molecule has 0 bridgehead atoms. The third kappa shape index (κ3) is 2.31. The van der Waals surface area contributed by atoms with Gasteiger partial charge in [0.05, 0.1) is 11.6 Å². The average molecular weight is 284 g/mol. The van der Waals surface area contributed by atoms with Crippen LogP contribution >= 0.6 is 23.2 Å². The standard InChI is InChI=1S/C13H11Cl2NO2/c1-12(8-13(12,14)15)11(17)18-7-10-4-2-9(6-16)3-5-10/h2-5H,7-8H2,1H3/t12-/m0/s1. The third-order valence-electron chi connectivity index (χ3n) is 3.16. The van der Waals surface area contributed by atoms with E-state index in [4.69, 9.17) is 33.2 Å². The van der Waals surface area contributed by atoms with Gasteiger partial charge in [-0.05, 0) is 24.6 Å². The fourth-order valence-electron chi connectivity index (χ4n) is 1.61. The van der Waals surface area contributed by atoms with Gasteiger partial charge < -0.3 is 4.74 Å². The lowest BCUT2D eigenvalue weighted by atomic mass is 10.1. The van der Waals surface area contributed by atoms with Crippen molar-refractivity contribution >= 4 is 29.2 Å². The number of carbonyl (C=O) groups excluding carboxylic acids is 1. The molecule has 2 rings (SSSR count). The summed E-state index contributed by atoms with van der Waals surface area (Å²) in [5, 5.41) is 8.65.